The van der Waals surface area contributed by atoms with E-state index in [0.29, 0.717) is 18.0 Å². The largest absolute Gasteiger partial charge is 0.369 e. The predicted molar refractivity (Wildman–Crippen MR) is 102 cm³/mol. The highest BCUT2D eigenvalue weighted by Gasteiger charge is 2.63. The van der Waals surface area contributed by atoms with E-state index in [0.717, 1.165) is 31.7 Å². The van der Waals surface area contributed by atoms with Crippen LogP contribution in [0.4, 0.5) is 10.2 Å². The van der Waals surface area contributed by atoms with E-state index in [1.807, 2.05) is 0 Å². The fourth-order valence-corrected chi connectivity index (χ4v) is 5.22. The van der Waals surface area contributed by atoms with E-state index in [2.05, 4.69) is 20.2 Å². The van der Waals surface area contributed by atoms with Crippen molar-refractivity contribution in [2.24, 2.45) is 11.8 Å². The second-order valence-corrected chi connectivity index (χ2v) is 8.12. The molecular weight excluding hydrogens is 359 g/mol. The van der Waals surface area contributed by atoms with Gasteiger partial charge in [-0.15, -0.1) is 0 Å². The van der Waals surface area contributed by atoms with Crippen molar-refractivity contribution in [2.45, 2.75) is 31.5 Å². The quantitative estimate of drug-likeness (QED) is 0.879. The van der Waals surface area contributed by atoms with Crippen LogP contribution < -0.4 is 10.2 Å². The normalized spacial score (nSPS) is 30.5. The third-order valence-corrected chi connectivity index (χ3v) is 6.59. The highest BCUT2D eigenvalue weighted by molar-refractivity contribution is 5.94. The minimum atomic E-state index is -0.449. The lowest BCUT2D eigenvalue weighted by Crippen LogP contribution is -2.42. The van der Waals surface area contributed by atoms with Gasteiger partial charge in [-0.1, -0.05) is 12.1 Å². The number of benzene rings is 1. The van der Waals surface area contributed by atoms with Crippen molar-refractivity contribution >= 4 is 11.7 Å². The number of nitrogens with zero attached hydrogens (tertiary/aromatic N) is 3. The molecule has 3 aliphatic heterocycles. The molecule has 0 saturated carbocycles. The van der Waals surface area contributed by atoms with E-state index >= 15 is 0 Å². The maximum Gasteiger partial charge on any atom is 0.254 e. The van der Waals surface area contributed by atoms with Crippen molar-refractivity contribution in [3.05, 3.63) is 53.7 Å². The Hall–Kier alpha value is -2.54. The van der Waals surface area contributed by atoms with Gasteiger partial charge in [-0.05, 0) is 31.4 Å². The lowest BCUT2D eigenvalue weighted by Gasteiger charge is -2.29. The number of carbonyl (C=O) groups excluding carboxylic acids is 1. The predicted octanol–water partition coefficient (Wildman–Crippen LogP) is 2.34. The number of aryl methyl sites for hydroxylation is 1. The van der Waals surface area contributed by atoms with Crippen LogP contribution in [-0.2, 0) is 4.74 Å². The molecule has 1 N–H and O–H groups in total. The molecule has 28 heavy (non-hydrogen) atoms. The van der Waals surface area contributed by atoms with E-state index in [-0.39, 0.29) is 29.1 Å². The molecule has 146 valence electrons. The molecule has 5 rings (SSSR count). The van der Waals surface area contributed by atoms with Gasteiger partial charge < -0.3 is 15.0 Å². The van der Waals surface area contributed by atoms with Crippen LogP contribution in [0.5, 0.6) is 0 Å². The van der Waals surface area contributed by atoms with Crippen LogP contribution >= 0.6 is 0 Å². The second-order valence-electron chi connectivity index (χ2n) is 8.12. The first-order valence-electron chi connectivity index (χ1n) is 9.79. The van der Waals surface area contributed by atoms with E-state index in [4.69, 9.17) is 4.74 Å². The van der Waals surface area contributed by atoms with Crippen molar-refractivity contribution in [3.8, 4) is 0 Å². The van der Waals surface area contributed by atoms with Crippen LogP contribution in [0.25, 0.3) is 0 Å². The average Bonchev–Trinajstić information content (AvgIpc) is 3.37. The van der Waals surface area contributed by atoms with Crippen molar-refractivity contribution in [3.63, 3.8) is 0 Å². The summed E-state index contributed by atoms with van der Waals surface area (Å²) >= 11 is 0. The van der Waals surface area contributed by atoms with Gasteiger partial charge in [-0.2, -0.15) is 0 Å². The Morgan fingerprint density at radius 3 is 3.14 bits per heavy atom. The number of anilines is 1. The smallest absolute Gasteiger partial charge is 0.254 e. The number of carbonyl (C=O) groups is 1. The van der Waals surface area contributed by atoms with Gasteiger partial charge >= 0.3 is 0 Å². The van der Waals surface area contributed by atoms with Crippen molar-refractivity contribution in [1.29, 1.82) is 0 Å². The Bertz CT molecular complexity index is 909. The van der Waals surface area contributed by atoms with Crippen LogP contribution in [0.2, 0.25) is 0 Å². The molecule has 0 unspecified atom stereocenters. The number of hydrogen-bond donors (Lipinski definition) is 1. The molecule has 4 atom stereocenters. The summed E-state index contributed by atoms with van der Waals surface area (Å²) in [7, 11) is 0. The van der Waals surface area contributed by atoms with Gasteiger partial charge in [0.1, 0.15) is 11.6 Å². The molecule has 7 heteroatoms. The summed E-state index contributed by atoms with van der Waals surface area (Å²) in [6, 6.07) is 4.90. The Balaban J connectivity index is 1.30. The number of rotatable bonds is 4. The zero-order chi connectivity index (χ0) is 19.3. The van der Waals surface area contributed by atoms with Crippen LogP contribution in [0, 0.1) is 24.6 Å². The van der Waals surface area contributed by atoms with Crippen LogP contribution in [-0.4, -0.2) is 47.2 Å². The molecule has 4 heterocycles. The Morgan fingerprint density at radius 1 is 1.43 bits per heavy atom. The van der Waals surface area contributed by atoms with Gasteiger partial charge in [0.25, 0.3) is 5.91 Å². The highest BCUT2D eigenvalue weighted by Crippen LogP contribution is 2.55. The summed E-state index contributed by atoms with van der Waals surface area (Å²) in [6.45, 7) is 3.81. The van der Waals surface area contributed by atoms with Gasteiger partial charge in [-0.3, -0.25) is 9.78 Å². The molecule has 2 bridgehead atoms. The molecule has 0 radical (unpaired) electrons. The molecule has 3 saturated heterocycles. The molecule has 3 aliphatic rings. The third-order valence-electron chi connectivity index (χ3n) is 6.59. The van der Waals surface area contributed by atoms with E-state index in [1.54, 1.807) is 37.6 Å². The Morgan fingerprint density at radius 2 is 2.32 bits per heavy atom. The molecule has 2 aromatic rings. The number of ether oxygens (including phenoxy) is 1. The standard InChI is InChI=1S/C21H23FN4O2/c1-13-3-2-4-14(19(13)22)20(27)25-9-15-16-11-26(18-10-23-7-8-24-18)12-21(16)6-5-17(15)28-21/h2-4,7-8,10,15-17H,5-6,9,11-12H2,1H3,(H,25,27)/t15-,16+,17+,21+/m0/s1. The first kappa shape index (κ1) is 17.6. The lowest BCUT2D eigenvalue weighted by atomic mass is 9.73. The van der Waals surface area contributed by atoms with Gasteiger partial charge in [0, 0.05) is 43.9 Å². The number of aromatic nitrogens is 2. The lowest BCUT2D eigenvalue weighted by molar-refractivity contribution is 0.0141. The topological polar surface area (TPSA) is 67.4 Å². The molecule has 1 aromatic heterocycles. The van der Waals surface area contributed by atoms with E-state index in [1.165, 1.54) is 6.07 Å². The zero-order valence-corrected chi connectivity index (χ0v) is 15.8. The van der Waals surface area contributed by atoms with Crippen LogP contribution in [0.15, 0.2) is 36.8 Å². The summed E-state index contributed by atoms with van der Waals surface area (Å²) < 4.78 is 20.7. The maximum absolute atomic E-state index is 14.3. The van der Waals surface area contributed by atoms with Crippen LogP contribution in [0.1, 0.15) is 28.8 Å². The van der Waals surface area contributed by atoms with Gasteiger partial charge in [0.2, 0.25) is 0 Å². The van der Waals surface area contributed by atoms with E-state index < -0.39 is 5.82 Å². The number of nitrogens with one attached hydrogen (secondary N) is 1. The molecule has 3 fully saturated rings. The first-order chi connectivity index (χ1) is 13.6. The van der Waals surface area contributed by atoms with Gasteiger partial charge in [-0.25, -0.2) is 9.37 Å². The van der Waals surface area contributed by atoms with Gasteiger partial charge in [0.05, 0.1) is 23.5 Å². The fraction of sp³-hybridized carbons (Fsp3) is 0.476. The minimum Gasteiger partial charge on any atom is -0.369 e. The molecule has 1 aromatic carbocycles. The summed E-state index contributed by atoms with van der Waals surface area (Å²) in [4.78, 5) is 23.4. The van der Waals surface area contributed by atoms with Crippen LogP contribution in [0.3, 0.4) is 0 Å². The summed E-state index contributed by atoms with van der Waals surface area (Å²) in [6.07, 6.45) is 7.36. The Kier molecular flexibility index (Phi) is 4.08. The summed E-state index contributed by atoms with van der Waals surface area (Å²) in [5, 5.41) is 2.95. The highest BCUT2D eigenvalue weighted by atomic mass is 19.1. The summed E-state index contributed by atoms with van der Waals surface area (Å²) in [5.41, 5.74) is 0.420. The molecule has 1 spiro atoms. The monoisotopic (exact) mass is 382 g/mol. The third kappa shape index (κ3) is 2.68. The van der Waals surface area contributed by atoms with Crippen molar-refractivity contribution in [1.82, 2.24) is 15.3 Å². The first-order valence-corrected chi connectivity index (χ1v) is 9.79. The van der Waals surface area contributed by atoms with Crippen molar-refractivity contribution < 1.29 is 13.9 Å². The maximum atomic E-state index is 14.3. The fourth-order valence-electron chi connectivity index (χ4n) is 5.22. The molecule has 0 aliphatic carbocycles. The SMILES string of the molecule is Cc1cccc(C(=O)NC[C@H]2[C@H]3CN(c4cnccn4)C[C@]34CC[C@H]2O4)c1F. The van der Waals surface area contributed by atoms with Crippen molar-refractivity contribution in [2.75, 3.05) is 24.5 Å². The number of hydrogen-bond acceptors (Lipinski definition) is 5. The minimum absolute atomic E-state index is 0.103. The second kappa shape index (κ2) is 6.51. The number of halogens is 1. The Labute approximate surface area is 163 Å². The molecule has 6 nitrogen and oxygen atoms in total. The van der Waals surface area contributed by atoms with Gasteiger partial charge in [0.15, 0.2) is 0 Å². The summed E-state index contributed by atoms with van der Waals surface area (Å²) in [5.74, 6) is 0.614. The zero-order valence-electron chi connectivity index (χ0n) is 15.8. The number of amides is 1. The molecular formula is C21H23FN4O2. The number of fused-ring (bicyclic) bond motifs is 1. The average molecular weight is 382 g/mol. The van der Waals surface area contributed by atoms with E-state index in [9.17, 15) is 9.18 Å². The molecule has 1 amide bonds.